The number of para-hydroxylation sites is 1. The highest BCUT2D eigenvalue weighted by atomic mass is 79.9. The minimum absolute atomic E-state index is 0.439. The molecule has 0 aliphatic rings. The Morgan fingerprint density at radius 2 is 1.86 bits per heavy atom. The summed E-state index contributed by atoms with van der Waals surface area (Å²) in [6.07, 6.45) is 0. The van der Waals surface area contributed by atoms with Crippen molar-refractivity contribution in [3.8, 4) is 5.75 Å². The van der Waals surface area contributed by atoms with Crippen molar-refractivity contribution in [2.24, 2.45) is 0 Å². The molecule has 0 spiro atoms. The SMILES string of the molecule is CC(C)c1cc(Br)ccc1OCCNc1ccccc1Br. The van der Waals surface area contributed by atoms with Crippen molar-refractivity contribution in [2.45, 2.75) is 19.8 Å². The molecule has 0 aromatic heterocycles. The van der Waals surface area contributed by atoms with Crippen LogP contribution in [0.1, 0.15) is 25.3 Å². The molecule has 0 saturated carbocycles. The van der Waals surface area contributed by atoms with Gasteiger partial charge in [0.25, 0.3) is 0 Å². The van der Waals surface area contributed by atoms with Crippen LogP contribution in [0.2, 0.25) is 0 Å². The molecule has 0 radical (unpaired) electrons. The Balaban J connectivity index is 1.91. The quantitative estimate of drug-likeness (QED) is 0.603. The van der Waals surface area contributed by atoms with Crippen LogP contribution in [0.25, 0.3) is 0 Å². The Kier molecular flexibility index (Phi) is 6.12. The molecule has 0 fully saturated rings. The third kappa shape index (κ3) is 4.75. The Morgan fingerprint density at radius 1 is 1.10 bits per heavy atom. The molecule has 0 aliphatic heterocycles. The van der Waals surface area contributed by atoms with Gasteiger partial charge in [-0.2, -0.15) is 0 Å². The van der Waals surface area contributed by atoms with Crippen LogP contribution in [-0.4, -0.2) is 13.2 Å². The summed E-state index contributed by atoms with van der Waals surface area (Å²) < 4.78 is 8.07. The first-order valence-corrected chi connectivity index (χ1v) is 8.57. The molecule has 4 heteroatoms. The molecule has 2 aromatic carbocycles. The monoisotopic (exact) mass is 411 g/mol. The lowest BCUT2D eigenvalue weighted by molar-refractivity contribution is 0.328. The van der Waals surface area contributed by atoms with Crippen molar-refractivity contribution in [1.82, 2.24) is 0 Å². The van der Waals surface area contributed by atoms with E-state index in [4.69, 9.17) is 4.74 Å². The number of halogens is 2. The summed E-state index contributed by atoms with van der Waals surface area (Å²) in [4.78, 5) is 0. The molecule has 1 N–H and O–H groups in total. The van der Waals surface area contributed by atoms with Crippen molar-refractivity contribution in [3.63, 3.8) is 0 Å². The van der Waals surface area contributed by atoms with Gasteiger partial charge >= 0.3 is 0 Å². The topological polar surface area (TPSA) is 21.3 Å². The van der Waals surface area contributed by atoms with Gasteiger partial charge in [0, 0.05) is 21.2 Å². The van der Waals surface area contributed by atoms with Gasteiger partial charge < -0.3 is 10.1 Å². The molecule has 0 aliphatic carbocycles. The number of hydrogen-bond donors (Lipinski definition) is 1. The van der Waals surface area contributed by atoms with Crippen molar-refractivity contribution in [2.75, 3.05) is 18.5 Å². The summed E-state index contributed by atoms with van der Waals surface area (Å²) in [5.41, 5.74) is 2.31. The van der Waals surface area contributed by atoms with Gasteiger partial charge in [0.05, 0.1) is 0 Å². The molecule has 2 aromatic rings. The van der Waals surface area contributed by atoms with Gasteiger partial charge in [-0.15, -0.1) is 0 Å². The molecule has 2 nitrogen and oxygen atoms in total. The Hall–Kier alpha value is -1.000. The largest absolute Gasteiger partial charge is 0.491 e. The maximum absolute atomic E-state index is 5.92. The number of benzene rings is 2. The Labute approximate surface area is 143 Å². The maximum Gasteiger partial charge on any atom is 0.122 e. The summed E-state index contributed by atoms with van der Waals surface area (Å²) in [6.45, 7) is 5.74. The van der Waals surface area contributed by atoms with Crippen LogP contribution in [0.5, 0.6) is 5.75 Å². The summed E-state index contributed by atoms with van der Waals surface area (Å²) in [7, 11) is 0. The zero-order chi connectivity index (χ0) is 15.2. The van der Waals surface area contributed by atoms with E-state index in [1.54, 1.807) is 0 Å². The third-order valence-corrected chi connectivity index (χ3v) is 4.33. The van der Waals surface area contributed by atoms with Crippen molar-refractivity contribution in [3.05, 3.63) is 57.0 Å². The van der Waals surface area contributed by atoms with Gasteiger partial charge in [-0.05, 0) is 57.7 Å². The normalized spacial score (nSPS) is 10.7. The predicted octanol–water partition coefficient (Wildman–Crippen LogP) is 5.83. The van der Waals surface area contributed by atoms with E-state index in [0.717, 1.165) is 26.9 Å². The van der Waals surface area contributed by atoms with E-state index in [1.807, 2.05) is 36.4 Å². The number of hydrogen-bond acceptors (Lipinski definition) is 2. The van der Waals surface area contributed by atoms with Gasteiger partial charge in [0.2, 0.25) is 0 Å². The fraction of sp³-hybridized carbons (Fsp3) is 0.294. The molecule has 0 amide bonds. The summed E-state index contributed by atoms with van der Waals surface area (Å²) in [5, 5.41) is 3.36. The average molecular weight is 413 g/mol. The van der Waals surface area contributed by atoms with Gasteiger partial charge in [-0.1, -0.05) is 41.9 Å². The number of ether oxygens (including phenoxy) is 1. The summed E-state index contributed by atoms with van der Waals surface area (Å²) >= 11 is 7.04. The van der Waals surface area contributed by atoms with E-state index in [9.17, 15) is 0 Å². The van der Waals surface area contributed by atoms with E-state index < -0.39 is 0 Å². The standard InChI is InChI=1S/C17H19Br2NO/c1-12(2)14-11-13(18)7-8-17(14)21-10-9-20-16-6-4-3-5-15(16)19/h3-8,11-12,20H,9-10H2,1-2H3. The molecule has 0 heterocycles. The van der Waals surface area contributed by atoms with Crippen LogP contribution in [0.15, 0.2) is 51.4 Å². The van der Waals surface area contributed by atoms with Crippen LogP contribution in [-0.2, 0) is 0 Å². The number of nitrogens with one attached hydrogen (secondary N) is 1. The van der Waals surface area contributed by atoms with E-state index >= 15 is 0 Å². The van der Waals surface area contributed by atoms with Crippen molar-refractivity contribution >= 4 is 37.5 Å². The highest BCUT2D eigenvalue weighted by molar-refractivity contribution is 9.10. The molecule has 21 heavy (non-hydrogen) atoms. The second kappa shape index (κ2) is 7.85. The number of rotatable bonds is 6. The van der Waals surface area contributed by atoms with Gasteiger partial charge in [-0.25, -0.2) is 0 Å². The minimum atomic E-state index is 0.439. The minimum Gasteiger partial charge on any atom is -0.491 e. The lowest BCUT2D eigenvalue weighted by Gasteiger charge is -2.15. The second-order valence-electron chi connectivity index (χ2n) is 5.09. The van der Waals surface area contributed by atoms with Crippen LogP contribution in [0, 0.1) is 0 Å². The van der Waals surface area contributed by atoms with E-state index in [0.29, 0.717) is 12.5 Å². The molecule has 0 bridgehead atoms. The summed E-state index contributed by atoms with van der Waals surface area (Å²) in [5.74, 6) is 1.40. The molecule has 112 valence electrons. The lowest BCUT2D eigenvalue weighted by Crippen LogP contribution is -2.12. The maximum atomic E-state index is 5.92. The van der Waals surface area contributed by atoms with Crippen molar-refractivity contribution < 1.29 is 4.74 Å². The lowest BCUT2D eigenvalue weighted by atomic mass is 10.0. The fourth-order valence-electron chi connectivity index (χ4n) is 2.05. The van der Waals surface area contributed by atoms with Crippen LogP contribution in [0.3, 0.4) is 0 Å². The predicted molar refractivity (Wildman–Crippen MR) is 96.4 cm³/mol. The molecule has 0 saturated heterocycles. The zero-order valence-electron chi connectivity index (χ0n) is 12.2. The fourth-order valence-corrected chi connectivity index (χ4v) is 2.86. The van der Waals surface area contributed by atoms with Crippen LogP contribution in [0.4, 0.5) is 5.69 Å². The first-order chi connectivity index (χ1) is 10.1. The van der Waals surface area contributed by atoms with E-state index in [-0.39, 0.29) is 0 Å². The smallest absolute Gasteiger partial charge is 0.122 e. The zero-order valence-corrected chi connectivity index (χ0v) is 15.4. The molecular weight excluding hydrogens is 394 g/mol. The summed E-state index contributed by atoms with van der Waals surface area (Å²) in [6, 6.07) is 14.3. The van der Waals surface area contributed by atoms with Gasteiger partial charge in [0.1, 0.15) is 12.4 Å². The van der Waals surface area contributed by atoms with Gasteiger partial charge in [0.15, 0.2) is 0 Å². The Bertz CT molecular complexity index is 599. The first-order valence-electron chi connectivity index (χ1n) is 6.98. The molecule has 0 unspecified atom stereocenters. The number of anilines is 1. The third-order valence-electron chi connectivity index (χ3n) is 3.14. The van der Waals surface area contributed by atoms with E-state index in [2.05, 4.69) is 57.1 Å². The van der Waals surface area contributed by atoms with E-state index in [1.165, 1.54) is 5.56 Å². The average Bonchev–Trinajstić information content (AvgIpc) is 2.46. The first kappa shape index (κ1) is 16.4. The molecular formula is C17H19Br2NO. The van der Waals surface area contributed by atoms with Crippen LogP contribution < -0.4 is 10.1 Å². The molecule has 0 atom stereocenters. The molecule has 2 rings (SSSR count). The van der Waals surface area contributed by atoms with Gasteiger partial charge in [-0.3, -0.25) is 0 Å². The highest BCUT2D eigenvalue weighted by Gasteiger charge is 2.08. The highest BCUT2D eigenvalue weighted by Crippen LogP contribution is 2.29. The second-order valence-corrected chi connectivity index (χ2v) is 6.86. The Morgan fingerprint density at radius 3 is 2.57 bits per heavy atom. The van der Waals surface area contributed by atoms with Crippen molar-refractivity contribution in [1.29, 1.82) is 0 Å². The van der Waals surface area contributed by atoms with Crippen LogP contribution >= 0.6 is 31.9 Å².